The molecular formula is C12H15FO3. The third-order valence-electron chi connectivity index (χ3n) is 1.67. The van der Waals surface area contributed by atoms with E-state index in [9.17, 15) is 9.18 Å². The lowest BCUT2D eigenvalue weighted by atomic mass is 10.2. The van der Waals surface area contributed by atoms with Crippen LogP contribution in [0.25, 0.3) is 0 Å². The molecule has 4 heteroatoms. The molecule has 88 valence electrons. The lowest BCUT2D eigenvalue weighted by molar-refractivity contribution is 0.0198. The first-order valence-corrected chi connectivity index (χ1v) is 4.95. The first-order chi connectivity index (χ1) is 7.28. The van der Waals surface area contributed by atoms with Crippen molar-refractivity contribution in [1.82, 2.24) is 0 Å². The molecule has 0 heterocycles. The standard InChI is InChI=1S/C12H15FO3/c1-8-5-6-9(13)10(7-8)15-11(14)16-12(2,3)4/h5-7H,1-4H3. The Morgan fingerprint density at radius 1 is 1.31 bits per heavy atom. The first kappa shape index (κ1) is 12.5. The number of aryl methyl sites for hydroxylation is 1. The molecule has 0 N–H and O–H groups in total. The summed E-state index contributed by atoms with van der Waals surface area (Å²) in [6.07, 6.45) is -0.906. The maximum Gasteiger partial charge on any atom is 0.514 e. The molecule has 0 bridgehead atoms. The van der Waals surface area contributed by atoms with E-state index in [-0.39, 0.29) is 5.75 Å². The minimum Gasteiger partial charge on any atom is -0.428 e. The average molecular weight is 226 g/mol. The second kappa shape index (κ2) is 4.51. The van der Waals surface area contributed by atoms with Crippen molar-refractivity contribution in [2.75, 3.05) is 0 Å². The number of hydrogen-bond donors (Lipinski definition) is 0. The summed E-state index contributed by atoms with van der Waals surface area (Å²) >= 11 is 0. The van der Waals surface area contributed by atoms with Gasteiger partial charge in [0.1, 0.15) is 5.60 Å². The van der Waals surface area contributed by atoms with E-state index in [1.165, 1.54) is 12.1 Å². The molecule has 1 rings (SSSR count). The van der Waals surface area contributed by atoms with Crippen LogP contribution in [0, 0.1) is 12.7 Å². The van der Waals surface area contributed by atoms with E-state index in [0.717, 1.165) is 5.56 Å². The highest BCUT2D eigenvalue weighted by Crippen LogP contribution is 2.19. The van der Waals surface area contributed by atoms with E-state index < -0.39 is 17.6 Å². The van der Waals surface area contributed by atoms with Crippen LogP contribution in [0.2, 0.25) is 0 Å². The molecule has 0 saturated heterocycles. The van der Waals surface area contributed by atoms with Crippen molar-refractivity contribution in [3.05, 3.63) is 29.6 Å². The van der Waals surface area contributed by atoms with Crippen molar-refractivity contribution in [3.63, 3.8) is 0 Å². The molecule has 0 aliphatic carbocycles. The SMILES string of the molecule is Cc1ccc(F)c(OC(=O)OC(C)(C)C)c1. The predicted molar refractivity (Wildman–Crippen MR) is 58.0 cm³/mol. The van der Waals surface area contributed by atoms with Gasteiger partial charge in [0.05, 0.1) is 0 Å². The summed E-state index contributed by atoms with van der Waals surface area (Å²) in [5, 5.41) is 0. The van der Waals surface area contributed by atoms with Gasteiger partial charge in [-0.2, -0.15) is 0 Å². The van der Waals surface area contributed by atoms with Gasteiger partial charge < -0.3 is 9.47 Å². The van der Waals surface area contributed by atoms with Crippen LogP contribution in [0.3, 0.4) is 0 Å². The number of ether oxygens (including phenoxy) is 2. The van der Waals surface area contributed by atoms with Crippen LogP contribution >= 0.6 is 0 Å². The smallest absolute Gasteiger partial charge is 0.428 e. The number of hydrogen-bond acceptors (Lipinski definition) is 3. The Bertz CT molecular complexity index is 394. The molecule has 0 saturated carbocycles. The van der Waals surface area contributed by atoms with Gasteiger partial charge in [0.15, 0.2) is 11.6 Å². The van der Waals surface area contributed by atoms with Crippen LogP contribution in [0.5, 0.6) is 5.75 Å². The summed E-state index contributed by atoms with van der Waals surface area (Å²) in [6, 6.07) is 4.28. The summed E-state index contributed by atoms with van der Waals surface area (Å²) in [4.78, 5) is 11.3. The Kier molecular flexibility index (Phi) is 3.52. The molecule has 0 aliphatic rings. The third-order valence-corrected chi connectivity index (χ3v) is 1.67. The van der Waals surface area contributed by atoms with E-state index in [1.807, 2.05) is 0 Å². The molecule has 0 radical (unpaired) electrons. The van der Waals surface area contributed by atoms with Crippen LogP contribution in [0.15, 0.2) is 18.2 Å². The van der Waals surface area contributed by atoms with Gasteiger partial charge in [0.2, 0.25) is 0 Å². The molecule has 0 unspecified atom stereocenters. The number of carbonyl (C=O) groups excluding carboxylic acids is 1. The summed E-state index contributed by atoms with van der Waals surface area (Å²) in [5.41, 5.74) is 0.150. The largest absolute Gasteiger partial charge is 0.514 e. The fourth-order valence-electron chi connectivity index (χ4n) is 1.05. The minimum absolute atomic E-state index is 0.116. The molecule has 0 aromatic heterocycles. The first-order valence-electron chi connectivity index (χ1n) is 4.95. The fraction of sp³-hybridized carbons (Fsp3) is 0.417. The van der Waals surface area contributed by atoms with Gasteiger partial charge in [0.25, 0.3) is 0 Å². The Labute approximate surface area is 94.2 Å². The molecule has 3 nitrogen and oxygen atoms in total. The van der Waals surface area contributed by atoms with E-state index >= 15 is 0 Å². The molecular weight excluding hydrogens is 211 g/mol. The van der Waals surface area contributed by atoms with E-state index in [1.54, 1.807) is 33.8 Å². The van der Waals surface area contributed by atoms with Crippen molar-refractivity contribution < 1.29 is 18.7 Å². The molecule has 0 spiro atoms. The van der Waals surface area contributed by atoms with Gasteiger partial charge >= 0.3 is 6.16 Å². The molecule has 0 amide bonds. The fourth-order valence-corrected chi connectivity index (χ4v) is 1.05. The van der Waals surface area contributed by atoms with Crippen molar-refractivity contribution >= 4 is 6.16 Å². The van der Waals surface area contributed by atoms with Gasteiger partial charge in [-0.15, -0.1) is 0 Å². The van der Waals surface area contributed by atoms with Crippen LogP contribution in [0.1, 0.15) is 26.3 Å². The van der Waals surface area contributed by atoms with Crippen molar-refractivity contribution in [1.29, 1.82) is 0 Å². The summed E-state index contributed by atoms with van der Waals surface area (Å²) in [6.45, 7) is 6.91. The number of rotatable bonds is 1. The topological polar surface area (TPSA) is 35.5 Å². The van der Waals surface area contributed by atoms with Gasteiger partial charge in [-0.05, 0) is 45.4 Å². The predicted octanol–water partition coefficient (Wildman–Crippen LogP) is 3.45. The summed E-state index contributed by atoms with van der Waals surface area (Å²) in [7, 11) is 0. The van der Waals surface area contributed by atoms with Crippen molar-refractivity contribution in [3.8, 4) is 5.75 Å². The molecule has 0 aliphatic heterocycles. The third kappa shape index (κ3) is 3.88. The quantitative estimate of drug-likeness (QED) is 0.543. The van der Waals surface area contributed by atoms with Gasteiger partial charge in [-0.25, -0.2) is 9.18 Å². The Balaban J connectivity index is 2.73. The normalized spacial score (nSPS) is 11.1. The summed E-state index contributed by atoms with van der Waals surface area (Å²) < 4.78 is 22.9. The van der Waals surface area contributed by atoms with Crippen LogP contribution < -0.4 is 4.74 Å². The van der Waals surface area contributed by atoms with Crippen LogP contribution in [-0.4, -0.2) is 11.8 Å². The Hall–Kier alpha value is -1.58. The lowest BCUT2D eigenvalue weighted by Crippen LogP contribution is -2.26. The Morgan fingerprint density at radius 2 is 1.94 bits per heavy atom. The summed E-state index contributed by atoms with van der Waals surface area (Å²) in [5.74, 6) is -0.703. The van der Waals surface area contributed by atoms with Gasteiger partial charge in [0, 0.05) is 0 Å². The van der Waals surface area contributed by atoms with Crippen LogP contribution in [-0.2, 0) is 4.74 Å². The molecule has 1 aromatic rings. The van der Waals surface area contributed by atoms with Crippen LogP contribution in [0.4, 0.5) is 9.18 Å². The lowest BCUT2D eigenvalue weighted by Gasteiger charge is -2.18. The Morgan fingerprint density at radius 3 is 2.50 bits per heavy atom. The molecule has 0 atom stereocenters. The maximum atomic E-state index is 13.2. The minimum atomic E-state index is -0.906. The molecule has 1 aromatic carbocycles. The highest BCUT2D eigenvalue weighted by molar-refractivity contribution is 5.64. The zero-order valence-corrected chi connectivity index (χ0v) is 9.83. The van der Waals surface area contributed by atoms with Gasteiger partial charge in [-0.3, -0.25) is 0 Å². The van der Waals surface area contributed by atoms with E-state index in [2.05, 4.69) is 0 Å². The van der Waals surface area contributed by atoms with E-state index in [0.29, 0.717) is 0 Å². The molecule has 16 heavy (non-hydrogen) atoms. The average Bonchev–Trinajstić information content (AvgIpc) is 2.08. The second-order valence-corrected chi connectivity index (χ2v) is 4.50. The zero-order valence-electron chi connectivity index (χ0n) is 9.83. The second-order valence-electron chi connectivity index (χ2n) is 4.50. The van der Waals surface area contributed by atoms with Crippen molar-refractivity contribution in [2.45, 2.75) is 33.3 Å². The van der Waals surface area contributed by atoms with Crippen molar-refractivity contribution in [2.24, 2.45) is 0 Å². The monoisotopic (exact) mass is 226 g/mol. The van der Waals surface area contributed by atoms with E-state index in [4.69, 9.17) is 9.47 Å². The number of benzene rings is 1. The van der Waals surface area contributed by atoms with Gasteiger partial charge in [-0.1, -0.05) is 6.07 Å². The molecule has 0 fully saturated rings. The maximum absolute atomic E-state index is 13.2. The highest BCUT2D eigenvalue weighted by atomic mass is 19.1. The number of halogens is 1. The highest BCUT2D eigenvalue weighted by Gasteiger charge is 2.19. The zero-order chi connectivity index (χ0) is 12.3. The number of carbonyl (C=O) groups is 1.